The number of allylic oxidation sites excluding steroid dienone is 1. The summed E-state index contributed by atoms with van der Waals surface area (Å²) in [5.41, 5.74) is 1.10. The average molecular weight is 459 g/mol. The Morgan fingerprint density at radius 1 is 0.788 bits per heavy atom. The largest absolute Gasteiger partial charge is 0.393 e. The maximum Gasteiger partial charge on any atom is 0.0762 e. The Morgan fingerprint density at radius 2 is 1.42 bits per heavy atom. The Morgan fingerprint density at radius 3 is 2.09 bits per heavy atom. The van der Waals surface area contributed by atoms with Gasteiger partial charge in [0, 0.05) is 11.3 Å². The maximum atomic E-state index is 12.0. The van der Waals surface area contributed by atoms with Gasteiger partial charge in [-0.1, -0.05) is 67.0 Å². The van der Waals surface area contributed by atoms with E-state index in [1.807, 2.05) is 0 Å². The van der Waals surface area contributed by atoms with Gasteiger partial charge in [-0.25, -0.2) is 0 Å². The standard InChI is InChI=1S/C30H50O3/c1-17-9-12-28(6)23(33)16-30(8)19(24(28)18(17)2)15-20(31)25-27(5)13-11-22(32)26(3,4)21(27)10-14-29(25,30)7/h15,17-18,20-25,31-33H,9-14,16H2,1-8H3/t17-,18+,20+,21-,22+,23+,24+,25+,27-,28-,29+,30+/m1/s1. The highest BCUT2D eigenvalue weighted by Gasteiger charge is 2.71. The molecule has 3 nitrogen and oxygen atoms in total. The fourth-order valence-corrected chi connectivity index (χ4v) is 11.0. The van der Waals surface area contributed by atoms with Crippen molar-refractivity contribution in [2.75, 3.05) is 0 Å². The van der Waals surface area contributed by atoms with Crippen molar-refractivity contribution in [3.63, 3.8) is 0 Å². The molecule has 0 heterocycles. The number of rotatable bonds is 0. The minimum atomic E-state index is -0.444. The zero-order valence-corrected chi connectivity index (χ0v) is 22.5. The van der Waals surface area contributed by atoms with Crippen LogP contribution in [-0.4, -0.2) is 33.6 Å². The molecule has 0 amide bonds. The Kier molecular flexibility index (Phi) is 5.23. The summed E-state index contributed by atoms with van der Waals surface area (Å²) < 4.78 is 0. The molecule has 5 rings (SSSR count). The first-order chi connectivity index (χ1) is 15.1. The molecule has 0 spiro atoms. The molecule has 5 aliphatic rings. The van der Waals surface area contributed by atoms with E-state index in [0.717, 1.165) is 38.5 Å². The minimum Gasteiger partial charge on any atom is -0.393 e. The number of aliphatic hydroxyl groups is 3. The Labute approximate surface area is 202 Å². The van der Waals surface area contributed by atoms with Crippen molar-refractivity contribution < 1.29 is 15.3 Å². The highest BCUT2D eigenvalue weighted by Crippen LogP contribution is 2.75. The average Bonchev–Trinajstić information content (AvgIpc) is 2.71. The lowest BCUT2D eigenvalue weighted by molar-refractivity contribution is -0.234. The van der Waals surface area contributed by atoms with E-state index in [0.29, 0.717) is 23.7 Å². The molecule has 33 heavy (non-hydrogen) atoms. The van der Waals surface area contributed by atoms with Gasteiger partial charge in [0.2, 0.25) is 0 Å². The van der Waals surface area contributed by atoms with Crippen LogP contribution in [0.1, 0.15) is 100 Å². The molecule has 0 aromatic carbocycles. The fourth-order valence-electron chi connectivity index (χ4n) is 11.0. The Balaban J connectivity index is 1.66. The quantitative estimate of drug-likeness (QED) is 0.392. The maximum absolute atomic E-state index is 12.0. The van der Waals surface area contributed by atoms with Crippen LogP contribution in [0.3, 0.4) is 0 Å². The first-order valence-corrected chi connectivity index (χ1v) is 13.9. The van der Waals surface area contributed by atoms with Gasteiger partial charge in [0.05, 0.1) is 18.3 Å². The Hall–Kier alpha value is -0.380. The van der Waals surface area contributed by atoms with Crippen LogP contribution in [0.2, 0.25) is 0 Å². The summed E-state index contributed by atoms with van der Waals surface area (Å²) in [5.74, 6) is 2.09. The molecule has 0 unspecified atom stereocenters. The molecule has 0 aromatic rings. The molecule has 3 heteroatoms. The first-order valence-electron chi connectivity index (χ1n) is 13.9. The molecule has 4 fully saturated rings. The predicted molar refractivity (Wildman–Crippen MR) is 133 cm³/mol. The van der Waals surface area contributed by atoms with Crippen LogP contribution in [0.15, 0.2) is 11.6 Å². The summed E-state index contributed by atoms with van der Waals surface area (Å²) in [6.07, 6.45) is 8.37. The topological polar surface area (TPSA) is 60.7 Å². The second-order valence-electron chi connectivity index (χ2n) is 14.9. The van der Waals surface area contributed by atoms with Crippen molar-refractivity contribution in [2.24, 2.45) is 56.7 Å². The van der Waals surface area contributed by atoms with Gasteiger partial charge in [-0.2, -0.15) is 0 Å². The number of hydrogen-bond acceptors (Lipinski definition) is 3. The van der Waals surface area contributed by atoms with Gasteiger partial charge in [0.1, 0.15) is 0 Å². The van der Waals surface area contributed by atoms with Crippen LogP contribution in [0.5, 0.6) is 0 Å². The molecule has 0 saturated heterocycles. The van der Waals surface area contributed by atoms with Gasteiger partial charge in [-0.05, 0) is 90.3 Å². The zero-order chi connectivity index (χ0) is 24.4. The number of aliphatic hydroxyl groups excluding tert-OH is 3. The van der Waals surface area contributed by atoms with Crippen molar-refractivity contribution in [3.8, 4) is 0 Å². The minimum absolute atomic E-state index is 0.00262. The summed E-state index contributed by atoms with van der Waals surface area (Å²) in [5, 5.41) is 34.6. The summed E-state index contributed by atoms with van der Waals surface area (Å²) in [7, 11) is 0. The second kappa shape index (κ2) is 7.10. The van der Waals surface area contributed by atoms with Crippen molar-refractivity contribution in [3.05, 3.63) is 11.6 Å². The lowest BCUT2D eigenvalue weighted by Crippen LogP contribution is -2.69. The van der Waals surface area contributed by atoms with Gasteiger partial charge in [-0.3, -0.25) is 0 Å². The highest BCUT2D eigenvalue weighted by atomic mass is 16.3. The van der Waals surface area contributed by atoms with E-state index in [2.05, 4.69) is 61.5 Å². The van der Waals surface area contributed by atoms with Crippen LogP contribution < -0.4 is 0 Å². The van der Waals surface area contributed by atoms with E-state index in [1.54, 1.807) is 0 Å². The van der Waals surface area contributed by atoms with E-state index in [4.69, 9.17) is 0 Å². The van der Waals surface area contributed by atoms with Gasteiger partial charge in [0.25, 0.3) is 0 Å². The van der Waals surface area contributed by atoms with E-state index in [9.17, 15) is 15.3 Å². The monoisotopic (exact) mass is 458 g/mol. The number of fused-ring (bicyclic) bond motifs is 7. The van der Waals surface area contributed by atoms with E-state index in [1.165, 1.54) is 12.0 Å². The zero-order valence-electron chi connectivity index (χ0n) is 22.5. The van der Waals surface area contributed by atoms with Gasteiger partial charge in [0.15, 0.2) is 0 Å². The van der Waals surface area contributed by atoms with Crippen LogP contribution in [0, 0.1) is 56.7 Å². The van der Waals surface area contributed by atoms with Crippen LogP contribution >= 0.6 is 0 Å². The summed E-state index contributed by atoms with van der Waals surface area (Å²) in [6, 6.07) is 0. The third-order valence-electron chi connectivity index (χ3n) is 13.4. The molecule has 0 bridgehead atoms. The molecule has 4 saturated carbocycles. The summed E-state index contributed by atoms with van der Waals surface area (Å²) >= 11 is 0. The third-order valence-corrected chi connectivity index (χ3v) is 13.4. The molecule has 5 aliphatic carbocycles. The molecule has 3 N–H and O–H groups in total. The predicted octanol–water partition coefficient (Wildman–Crippen LogP) is 5.97. The summed E-state index contributed by atoms with van der Waals surface area (Å²) in [6.45, 7) is 18.9. The molecular formula is C30H50O3. The Bertz CT molecular complexity index is 847. The lowest BCUT2D eigenvalue weighted by Gasteiger charge is -2.72. The van der Waals surface area contributed by atoms with Gasteiger partial charge in [-0.15, -0.1) is 0 Å². The molecule has 0 radical (unpaired) electrons. The lowest BCUT2D eigenvalue weighted by atomic mass is 9.32. The van der Waals surface area contributed by atoms with Crippen molar-refractivity contribution in [2.45, 2.75) is 119 Å². The number of hydrogen-bond donors (Lipinski definition) is 3. The van der Waals surface area contributed by atoms with Gasteiger partial charge < -0.3 is 15.3 Å². The van der Waals surface area contributed by atoms with Crippen molar-refractivity contribution >= 4 is 0 Å². The summed E-state index contributed by atoms with van der Waals surface area (Å²) in [4.78, 5) is 0. The second-order valence-corrected chi connectivity index (χ2v) is 14.9. The van der Waals surface area contributed by atoms with Crippen LogP contribution in [0.25, 0.3) is 0 Å². The van der Waals surface area contributed by atoms with Crippen LogP contribution in [-0.2, 0) is 0 Å². The van der Waals surface area contributed by atoms with E-state index < -0.39 is 6.10 Å². The molecule has 0 aromatic heterocycles. The van der Waals surface area contributed by atoms with E-state index >= 15 is 0 Å². The van der Waals surface area contributed by atoms with Crippen molar-refractivity contribution in [1.82, 2.24) is 0 Å². The van der Waals surface area contributed by atoms with Gasteiger partial charge >= 0.3 is 0 Å². The molecular weight excluding hydrogens is 408 g/mol. The normalized spacial score (nSPS) is 60.0. The molecule has 12 atom stereocenters. The SMILES string of the molecule is C[C@H]1[C@H](C)CC[C@@]2(C)[C@@H]1C1=C[C@H](O)[C@H]3[C@]4(C)CC[C@H](O)C(C)(C)[C@H]4CC[C@]3(C)[C@@]1(C)C[C@@H]2O. The third kappa shape index (κ3) is 2.80. The highest BCUT2D eigenvalue weighted by molar-refractivity contribution is 5.36. The first kappa shape index (κ1) is 24.3. The van der Waals surface area contributed by atoms with Crippen LogP contribution in [0.4, 0.5) is 0 Å². The van der Waals surface area contributed by atoms with Crippen molar-refractivity contribution in [1.29, 1.82) is 0 Å². The smallest absolute Gasteiger partial charge is 0.0762 e. The van der Waals surface area contributed by atoms with E-state index in [-0.39, 0.29) is 45.2 Å². The fraction of sp³-hybridized carbons (Fsp3) is 0.933. The molecule has 188 valence electrons. The molecule has 0 aliphatic heterocycles.